The standard InChI is InChI=1S/C29H25ClN6O3/c30-22-11-13-26(36-18-31-34-35-36)21(16-22)10-14-28(38)33-25(15-19-5-2-1-3-6-19)29(39)32-23-12-9-20-7-4-8-27(37)24(20)17-23/h1-3,5-6,9-14,16-18,25H,4,7-8,15H2,(H,32,39)(H,33,38)/b14-10+/t25-/m0/s1. The first kappa shape index (κ1) is 26.0. The van der Waals surface area contributed by atoms with Crippen LogP contribution in [0.2, 0.25) is 5.02 Å². The highest BCUT2D eigenvalue weighted by molar-refractivity contribution is 6.30. The summed E-state index contributed by atoms with van der Waals surface area (Å²) in [5, 5.41) is 17.4. The molecule has 3 aromatic carbocycles. The van der Waals surface area contributed by atoms with Crippen LogP contribution in [0.4, 0.5) is 5.69 Å². The predicted octanol–water partition coefficient (Wildman–Crippen LogP) is 4.21. The first-order valence-corrected chi connectivity index (χ1v) is 12.9. The molecular formula is C29H25ClN6O3. The van der Waals surface area contributed by atoms with Gasteiger partial charge in [-0.25, -0.2) is 0 Å². The van der Waals surface area contributed by atoms with E-state index in [0.717, 1.165) is 24.0 Å². The van der Waals surface area contributed by atoms with Crippen LogP contribution in [0.15, 0.2) is 79.1 Å². The highest BCUT2D eigenvalue weighted by Gasteiger charge is 2.23. The maximum absolute atomic E-state index is 13.4. The summed E-state index contributed by atoms with van der Waals surface area (Å²) in [6.07, 6.45) is 6.83. The minimum Gasteiger partial charge on any atom is -0.340 e. The predicted molar refractivity (Wildman–Crippen MR) is 148 cm³/mol. The summed E-state index contributed by atoms with van der Waals surface area (Å²) >= 11 is 6.17. The third kappa shape index (κ3) is 6.45. The summed E-state index contributed by atoms with van der Waals surface area (Å²) in [7, 11) is 0. The Labute approximate surface area is 229 Å². The second kappa shape index (κ2) is 11.8. The van der Waals surface area contributed by atoms with E-state index in [1.165, 1.54) is 17.1 Å². The molecule has 39 heavy (non-hydrogen) atoms. The lowest BCUT2D eigenvalue weighted by atomic mass is 9.90. The van der Waals surface area contributed by atoms with E-state index in [4.69, 9.17) is 11.6 Å². The zero-order valence-corrected chi connectivity index (χ0v) is 21.6. The van der Waals surface area contributed by atoms with Crippen molar-refractivity contribution in [3.05, 3.63) is 106 Å². The van der Waals surface area contributed by atoms with Crippen LogP contribution in [0.1, 0.15) is 39.9 Å². The lowest BCUT2D eigenvalue weighted by Gasteiger charge is -2.20. The van der Waals surface area contributed by atoms with E-state index in [-0.39, 0.29) is 18.1 Å². The van der Waals surface area contributed by atoms with Crippen molar-refractivity contribution in [3.8, 4) is 5.69 Å². The van der Waals surface area contributed by atoms with E-state index < -0.39 is 11.9 Å². The molecule has 2 amide bonds. The molecule has 1 aliphatic carbocycles. The van der Waals surface area contributed by atoms with Gasteiger partial charge in [0.15, 0.2) is 5.78 Å². The lowest BCUT2D eigenvalue weighted by molar-refractivity contribution is -0.123. The number of anilines is 1. The van der Waals surface area contributed by atoms with E-state index in [0.29, 0.717) is 33.9 Å². The van der Waals surface area contributed by atoms with Gasteiger partial charge in [-0.2, -0.15) is 4.68 Å². The maximum atomic E-state index is 13.4. The van der Waals surface area contributed by atoms with Crippen LogP contribution < -0.4 is 10.6 Å². The van der Waals surface area contributed by atoms with Gasteiger partial charge in [0, 0.05) is 40.8 Å². The number of aromatic nitrogens is 4. The number of hydrogen-bond donors (Lipinski definition) is 2. The van der Waals surface area contributed by atoms with Crippen molar-refractivity contribution in [1.82, 2.24) is 25.5 Å². The lowest BCUT2D eigenvalue weighted by Crippen LogP contribution is -2.44. The topological polar surface area (TPSA) is 119 Å². The molecule has 9 nitrogen and oxygen atoms in total. The van der Waals surface area contributed by atoms with Gasteiger partial charge in [-0.1, -0.05) is 48.0 Å². The second-order valence-corrected chi connectivity index (χ2v) is 9.62. The number of nitrogens with one attached hydrogen (secondary N) is 2. The summed E-state index contributed by atoms with van der Waals surface area (Å²) in [6.45, 7) is 0. The van der Waals surface area contributed by atoms with E-state index in [9.17, 15) is 14.4 Å². The van der Waals surface area contributed by atoms with Gasteiger partial charge in [0.25, 0.3) is 0 Å². The van der Waals surface area contributed by atoms with Gasteiger partial charge >= 0.3 is 0 Å². The quantitative estimate of drug-likeness (QED) is 0.323. The molecule has 1 atom stereocenters. The molecule has 4 aromatic rings. The van der Waals surface area contributed by atoms with Crippen LogP contribution in [0, 0.1) is 0 Å². The number of benzene rings is 3. The Bertz CT molecular complexity index is 1540. The van der Waals surface area contributed by atoms with Gasteiger partial charge in [0.2, 0.25) is 11.8 Å². The number of halogens is 1. The molecular weight excluding hydrogens is 516 g/mol. The van der Waals surface area contributed by atoms with Crippen LogP contribution in [-0.4, -0.2) is 43.8 Å². The summed E-state index contributed by atoms with van der Waals surface area (Å²) in [6, 6.07) is 19.1. The Hall–Kier alpha value is -4.63. The van der Waals surface area contributed by atoms with Gasteiger partial charge in [0.05, 0.1) is 5.69 Å². The average Bonchev–Trinajstić information content (AvgIpc) is 3.47. The fraction of sp³-hybridized carbons (Fsp3) is 0.172. The van der Waals surface area contributed by atoms with Crippen LogP contribution >= 0.6 is 11.6 Å². The minimum atomic E-state index is -0.866. The molecule has 0 fully saturated rings. The Morgan fingerprint density at radius 1 is 1.05 bits per heavy atom. The molecule has 1 aliphatic rings. The maximum Gasteiger partial charge on any atom is 0.247 e. The highest BCUT2D eigenvalue weighted by atomic mass is 35.5. The molecule has 0 unspecified atom stereocenters. The van der Waals surface area contributed by atoms with Crippen molar-refractivity contribution in [2.75, 3.05) is 5.32 Å². The number of nitrogens with zero attached hydrogens (tertiary/aromatic N) is 4. The number of hydrogen-bond acceptors (Lipinski definition) is 6. The molecule has 0 saturated heterocycles. The molecule has 1 aromatic heterocycles. The number of rotatable bonds is 8. The summed E-state index contributed by atoms with van der Waals surface area (Å²) in [5.41, 5.74) is 4.29. The molecule has 10 heteroatoms. The van der Waals surface area contributed by atoms with Crippen molar-refractivity contribution in [2.24, 2.45) is 0 Å². The number of aryl methyl sites for hydroxylation is 1. The van der Waals surface area contributed by atoms with Gasteiger partial charge < -0.3 is 10.6 Å². The number of carbonyl (C=O) groups is 3. The van der Waals surface area contributed by atoms with E-state index >= 15 is 0 Å². The van der Waals surface area contributed by atoms with Crippen molar-refractivity contribution in [2.45, 2.75) is 31.7 Å². The smallest absolute Gasteiger partial charge is 0.247 e. The first-order valence-electron chi connectivity index (χ1n) is 12.5. The molecule has 0 radical (unpaired) electrons. The molecule has 196 valence electrons. The van der Waals surface area contributed by atoms with Gasteiger partial charge in [-0.15, -0.1) is 5.10 Å². The fourth-order valence-electron chi connectivity index (χ4n) is 4.52. The van der Waals surface area contributed by atoms with Crippen molar-refractivity contribution >= 4 is 41.0 Å². The normalized spacial score (nSPS) is 13.6. The summed E-state index contributed by atoms with van der Waals surface area (Å²) in [4.78, 5) is 38.7. The first-order chi connectivity index (χ1) is 19.0. The zero-order valence-electron chi connectivity index (χ0n) is 20.9. The number of tetrazole rings is 1. The van der Waals surface area contributed by atoms with Crippen LogP contribution in [-0.2, 0) is 22.4 Å². The Kier molecular flexibility index (Phi) is 7.88. The number of fused-ring (bicyclic) bond motifs is 1. The average molecular weight is 541 g/mol. The second-order valence-electron chi connectivity index (χ2n) is 9.18. The summed E-state index contributed by atoms with van der Waals surface area (Å²) < 4.78 is 1.46. The third-order valence-corrected chi connectivity index (χ3v) is 6.68. The zero-order chi connectivity index (χ0) is 27.2. The van der Waals surface area contributed by atoms with Gasteiger partial charge in [-0.05, 0) is 70.8 Å². The minimum absolute atomic E-state index is 0.0775. The third-order valence-electron chi connectivity index (χ3n) is 6.44. The molecule has 0 saturated carbocycles. The molecule has 0 spiro atoms. The Morgan fingerprint density at radius 3 is 2.69 bits per heavy atom. The number of amides is 2. The van der Waals surface area contributed by atoms with E-state index in [1.54, 1.807) is 36.4 Å². The molecule has 2 N–H and O–H groups in total. The summed E-state index contributed by atoms with van der Waals surface area (Å²) in [5.74, 6) is -0.774. The largest absolute Gasteiger partial charge is 0.340 e. The van der Waals surface area contributed by atoms with E-state index in [1.807, 2.05) is 36.4 Å². The number of Topliss-reactive ketones (excluding diaryl/α,β-unsaturated/α-hetero) is 1. The van der Waals surface area contributed by atoms with Crippen LogP contribution in [0.3, 0.4) is 0 Å². The van der Waals surface area contributed by atoms with E-state index in [2.05, 4.69) is 26.2 Å². The van der Waals surface area contributed by atoms with Crippen LogP contribution in [0.25, 0.3) is 11.8 Å². The highest BCUT2D eigenvalue weighted by Crippen LogP contribution is 2.25. The molecule has 1 heterocycles. The fourth-order valence-corrected chi connectivity index (χ4v) is 4.70. The Balaban J connectivity index is 1.34. The monoisotopic (exact) mass is 540 g/mol. The number of carbonyl (C=O) groups excluding carboxylic acids is 3. The Morgan fingerprint density at radius 2 is 1.90 bits per heavy atom. The SMILES string of the molecule is O=C(/C=C/c1cc(Cl)ccc1-n1cnnn1)N[C@@H](Cc1ccccc1)C(=O)Nc1ccc2c(c1)C(=O)CCC2. The number of ketones is 1. The van der Waals surface area contributed by atoms with Crippen molar-refractivity contribution in [3.63, 3.8) is 0 Å². The molecule has 0 aliphatic heterocycles. The van der Waals surface area contributed by atoms with Crippen LogP contribution in [0.5, 0.6) is 0 Å². The molecule has 0 bridgehead atoms. The van der Waals surface area contributed by atoms with Gasteiger partial charge in [-0.3, -0.25) is 14.4 Å². The van der Waals surface area contributed by atoms with Gasteiger partial charge in [0.1, 0.15) is 12.4 Å². The van der Waals surface area contributed by atoms with Crippen molar-refractivity contribution < 1.29 is 14.4 Å². The molecule has 5 rings (SSSR count). The van der Waals surface area contributed by atoms with Crippen molar-refractivity contribution in [1.29, 1.82) is 0 Å².